The van der Waals surface area contributed by atoms with Crippen molar-refractivity contribution in [3.8, 4) is 0 Å². The van der Waals surface area contributed by atoms with Crippen LogP contribution in [0.2, 0.25) is 0 Å². The van der Waals surface area contributed by atoms with Crippen molar-refractivity contribution in [1.82, 2.24) is 5.43 Å². The van der Waals surface area contributed by atoms with E-state index in [0.29, 0.717) is 6.42 Å². The van der Waals surface area contributed by atoms with E-state index in [4.69, 9.17) is 0 Å². The molecule has 0 bridgehead atoms. The normalized spacial score (nSPS) is 18.5. The topological polar surface area (TPSA) is 70.6 Å². The minimum Gasteiger partial charge on any atom is -0.326 e. The average molecular weight is 371 g/mol. The molecule has 1 aliphatic heterocycles. The Morgan fingerprint density at radius 1 is 1.47 bits per heavy atom. The largest absolute Gasteiger partial charge is 0.326 e. The summed E-state index contributed by atoms with van der Waals surface area (Å²) in [6.45, 7) is 1.84. The highest BCUT2D eigenvalue weighted by Gasteiger charge is 2.25. The van der Waals surface area contributed by atoms with Gasteiger partial charge in [0.25, 0.3) is 0 Å². The second-order valence-electron chi connectivity index (χ2n) is 4.48. The van der Waals surface area contributed by atoms with E-state index in [1.54, 1.807) is 0 Å². The van der Waals surface area contributed by atoms with Gasteiger partial charge in [-0.3, -0.25) is 9.59 Å². The van der Waals surface area contributed by atoms with Gasteiger partial charge in [0, 0.05) is 21.4 Å². The fourth-order valence-electron chi connectivity index (χ4n) is 1.87. The maximum absolute atomic E-state index is 11.9. The van der Waals surface area contributed by atoms with Crippen molar-refractivity contribution < 1.29 is 9.59 Å². The van der Waals surface area contributed by atoms with Crippen molar-refractivity contribution >= 4 is 45.8 Å². The Balaban J connectivity index is 1.92. The van der Waals surface area contributed by atoms with Crippen LogP contribution < -0.4 is 10.7 Å². The van der Waals surface area contributed by atoms with E-state index in [2.05, 4.69) is 38.4 Å². The van der Waals surface area contributed by atoms with Crippen molar-refractivity contribution in [2.45, 2.75) is 19.8 Å². The van der Waals surface area contributed by atoms with Crippen LogP contribution in [0.15, 0.2) is 29.4 Å². The first-order valence-corrected chi connectivity index (χ1v) is 7.01. The number of nitrogens with one attached hydrogen (secondary N) is 2. The molecule has 0 radical (unpaired) electrons. The van der Waals surface area contributed by atoms with E-state index in [-0.39, 0.29) is 24.2 Å². The molecule has 2 amide bonds. The molecular formula is C13H14IN3O2. The molecule has 1 heterocycles. The van der Waals surface area contributed by atoms with Gasteiger partial charge in [0.2, 0.25) is 11.8 Å². The number of hydrazone groups is 1. The quantitative estimate of drug-likeness (QED) is 0.800. The fourth-order valence-corrected chi connectivity index (χ4v) is 2.23. The van der Waals surface area contributed by atoms with Gasteiger partial charge in [-0.1, -0.05) is 0 Å². The van der Waals surface area contributed by atoms with Crippen LogP contribution in [-0.2, 0) is 9.59 Å². The highest BCUT2D eigenvalue weighted by Crippen LogP contribution is 2.16. The molecule has 1 atom stereocenters. The summed E-state index contributed by atoms with van der Waals surface area (Å²) in [5, 5.41) is 6.64. The van der Waals surface area contributed by atoms with Gasteiger partial charge in [-0.15, -0.1) is 0 Å². The zero-order chi connectivity index (χ0) is 13.8. The standard InChI is InChI=1S/C13H14IN3O2/c1-8-6-9(13(19)17-16-8)7-12(18)15-11-4-2-10(14)3-5-11/h2-5,9H,6-7H2,1H3,(H,15,18)(H,17,19)/t9-/m1/s1. The van der Waals surface area contributed by atoms with Crippen LogP contribution in [0.25, 0.3) is 0 Å². The van der Waals surface area contributed by atoms with Gasteiger partial charge in [-0.05, 0) is 60.2 Å². The first-order valence-electron chi connectivity index (χ1n) is 5.93. The molecule has 0 unspecified atom stereocenters. The highest BCUT2D eigenvalue weighted by molar-refractivity contribution is 14.1. The third kappa shape index (κ3) is 4.02. The summed E-state index contributed by atoms with van der Waals surface area (Å²) in [5.41, 5.74) is 4.01. The second kappa shape index (κ2) is 6.14. The van der Waals surface area contributed by atoms with E-state index in [0.717, 1.165) is 15.0 Å². The number of nitrogens with zero attached hydrogens (tertiary/aromatic N) is 1. The van der Waals surface area contributed by atoms with Crippen LogP contribution in [0.1, 0.15) is 19.8 Å². The Morgan fingerprint density at radius 2 is 2.16 bits per heavy atom. The van der Waals surface area contributed by atoms with E-state index in [9.17, 15) is 9.59 Å². The molecule has 0 fully saturated rings. The molecule has 0 spiro atoms. The van der Waals surface area contributed by atoms with Gasteiger partial charge in [0.05, 0.1) is 5.92 Å². The van der Waals surface area contributed by atoms with Gasteiger partial charge in [0.15, 0.2) is 0 Å². The molecule has 0 saturated heterocycles. The highest BCUT2D eigenvalue weighted by atomic mass is 127. The molecule has 19 heavy (non-hydrogen) atoms. The second-order valence-corrected chi connectivity index (χ2v) is 5.73. The Bertz CT molecular complexity index is 525. The molecule has 0 aromatic heterocycles. The molecule has 2 N–H and O–H groups in total. The number of anilines is 1. The summed E-state index contributed by atoms with van der Waals surface area (Å²) in [6.07, 6.45) is 0.705. The molecule has 0 aliphatic carbocycles. The van der Waals surface area contributed by atoms with Crippen LogP contribution in [0, 0.1) is 9.49 Å². The first kappa shape index (κ1) is 14.0. The maximum Gasteiger partial charge on any atom is 0.244 e. The number of hydrogen-bond donors (Lipinski definition) is 2. The maximum atomic E-state index is 11.9. The number of benzene rings is 1. The summed E-state index contributed by atoms with van der Waals surface area (Å²) in [5.74, 6) is -0.680. The third-order valence-electron chi connectivity index (χ3n) is 2.83. The Morgan fingerprint density at radius 3 is 2.84 bits per heavy atom. The van der Waals surface area contributed by atoms with Gasteiger partial charge >= 0.3 is 0 Å². The van der Waals surface area contributed by atoms with E-state index in [1.165, 1.54) is 0 Å². The van der Waals surface area contributed by atoms with Gasteiger partial charge in [-0.2, -0.15) is 5.10 Å². The minimum absolute atomic E-state index is 0.156. The Labute approximate surface area is 125 Å². The predicted octanol–water partition coefficient (Wildman–Crippen LogP) is 2.13. The third-order valence-corrected chi connectivity index (χ3v) is 3.55. The number of hydrogen-bond acceptors (Lipinski definition) is 3. The summed E-state index contributed by atoms with van der Waals surface area (Å²) < 4.78 is 1.11. The molecule has 1 aromatic carbocycles. The summed E-state index contributed by atoms with van der Waals surface area (Å²) >= 11 is 2.20. The number of carbonyl (C=O) groups is 2. The van der Waals surface area contributed by atoms with Crippen LogP contribution in [-0.4, -0.2) is 17.5 Å². The molecule has 100 valence electrons. The number of rotatable bonds is 3. The first-order chi connectivity index (χ1) is 9.04. The van der Waals surface area contributed by atoms with E-state index < -0.39 is 0 Å². The molecular weight excluding hydrogens is 357 g/mol. The molecule has 5 nitrogen and oxygen atoms in total. The van der Waals surface area contributed by atoms with Gasteiger partial charge < -0.3 is 5.32 Å². The lowest BCUT2D eigenvalue weighted by molar-refractivity contribution is -0.128. The van der Waals surface area contributed by atoms with Crippen LogP contribution in [0.3, 0.4) is 0 Å². The van der Waals surface area contributed by atoms with Crippen molar-refractivity contribution in [1.29, 1.82) is 0 Å². The summed E-state index contributed by atoms with van der Waals surface area (Å²) in [4.78, 5) is 23.5. The predicted molar refractivity (Wildman–Crippen MR) is 81.8 cm³/mol. The van der Waals surface area contributed by atoms with E-state index in [1.807, 2.05) is 31.2 Å². The van der Waals surface area contributed by atoms with Crippen LogP contribution in [0.4, 0.5) is 5.69 Å². The van der Waals surface area contributed by atoms with Crippen molar-refractivity contribution in [2.75, 3.05) is 5.32 Å². The summed E-state index contributed by atoms with van der Waals surface area (Å²) in [6, 6.07) is 7.52. The van der Waals surface area contributed by atoms with Crippen LogP contribution in [0.5, 0.6) is 0 Å². The molecule has 2 rings (SSSR count). The van der Waals surface area contributed by atoms with Crippen molar-refractivity contribution in [3.05, 3.63) is 27.8 Å². The lowest BCUT2D eigenvalue weighted by Crippen LogP contribution is -2.35. The van der Waals surface area contributed by atoms with E-state index >= 15 is 0 Å². The number of carbonyl (C=O) groups excluding carboxylic acids is 2. The SMILES string of the molecule is CC1=NNC(=O)[C@@H](CC(=O)Nc2ccc(I)cc2)C1. The zero-order valence-corrected chi connectivity index (χ0v) is 12.6. The van der Waals surface area contributed by atoms with Gasteiger partial charge in [-0.25, -0.2) is 5.43 Å². The number of amides is 2. The van der Waals surface area contributed by atoms with Gasteiger partial charge in [0.1, 0.15) is 0 Å². The Kier molecular flexibility index (Phi) is 4.52. The lowest BCUT2D eigenvalue weighted by Gasteiger charge is -2.19. The zero-order valence-electron chi connectivity index (χ0n) is 10.4. The minimum atomic E-state index is -0.332. The van der Waals surface area contributed by atoms with Crippen LogP contribution >= 0.6 is 22.6 Å². The molecule has 6 heteroatoms. The van der Waals surface area contributed by atoms with Crippen molar-refractivity contribution in [2.24, 2.45) is 11.0 Å². The fraction of sp³-hybridized carbons (Fsp3) is 0.308. The molecule has 1 aliphatic rings. The monoisotopic (exact) mass is 371 g/mol. The summed E-state index contributed by atoms with van der Waals surface area (Å²) in [7, 11) is 0. The smallest absolute Gasteiger partial charge is 0.244 e. The average Bonchev–Trinajstić information content (AvgIpc) is 2.37. The van der Waals surface area contributed by atoms with Crippen molar-refractivity contribution in [3.63, 3.8) is 0 Å². The molecule has 0 saturated carbocycles. The molecule has 1 aromatic rings. The number of halogens is 1. The Hall–Kier alpha value is -1.44. The lowest BCUT2D eigenvalue weighted by atomic mass is 9.96.